The number of hydrogen-bond donors (Lipinski definition) is 0. The monoisotopic (exact) mass is 213 g/mol. The molecule has 1 fully saturated rings. The summed E-state index contributed by atoms with van der Waals surface area (Å²) in [7, 11) is 0. The maximum Gasteiger partial charge on any atom is 0.222 e. The fraction of sp³-hybridized carbons (Fsp3) is 0.917. The normalized spacial score (nSPS) is 17.1. The molecule has 0 spiro atoms. The van der Waals surface area contributed by atoms with Gasteiger partial charge in [-0.2, -0.15) is 0 Å². The first-order valence-electron chi connectivity index (χ1n) is 6.05. The largest absolute Gasteiger partial charge is 0.378 e. The highest BCUT2D eigenvalue weighted by atomic mass is 16.5. The topological polar surface area (TPSA) is 29.5 Å². The van der Waals surface area contributed by atoms with Crippen molar-refractivity contribution in [2.45, 2.75) is 39.5 Å². The smallest absolute Gasteiger partial charge is 0.222 e. The van der Waals surface area contributed by atoms with E-state index in [1.54, 1.807) is 0 Å². The molecule has 1 heterocycles. The van der Waals surface area contributed by atoms with Gasteiger partial charge in [0, 0.05) is 19.5 Å². The van der Waals surface area contributed by atoms with Crippen molar-refractivity contribution < 1.29 is 9.53 Å². The highest BCUT2D eigenvalue weighted by molar-refractivity contribution is 5.76. The summed E-state index contributed by atoms with van der Waals surface area (Å²) in [5, 5.41) is 0. The molecule has 1 rings (SSSR count). The molecule has 3 heteroatoms. The third-order valence-corrected chi connectivity index (χ3v) is 2.79. The van der Waals surface area contributed by atoms with Crippen LogP contribution >= 0.6 is 0 Å². The van der Waals surface area contributed by atoms with Gasteiger partial charge >= 0.3 is 0 Å². The second-order valence-electron chi connectivity index (χ2n) is 4.63. The number of nitrogens with zero attached hydrogens (tertiary/aromatic N) is 1. The second-order valence-corrected chi connectivity index (χ2v) is 4.63. The Bertz CT molecular complexity index is 186. The molecule has 0 radical (unpaired) electrons. The Balaban J connectivity index is 2.07. The van der Waals surface area contributed by atoms with Gasteiger partial charge in [-0.25, -0.2) is 0 Å². The standard InChI is InChI=1S/C12H23NO2/c1-11(2)5-3-4-6-12(14)13-7-9-15-10-8-13/h11H,3-10H2,1-2H3. The fourth-order valence-electron chi connectivity index (χ4n) is 1.80. The van der Waals surface area contributed by atoms with Gasteiger partial charge < -0.3 is 9.64 Å². The van der Waals surface area contributed by atoms with Crippen molar-refractivity contribution in [3.63, 3.8) is 0 Å². The maximum atomic E-state index is 11.7. The molecule has 0 aliphatic carbocycles. The van der Waals surface area contributed by atoms with Gasteiger partial charge in [-0.3, -0.25) is 4.79 Å². The van der Waals surface area contributed by atoms with Crippen molar-refractivity contribution in [2.75, 3.05) is 26.3 Å². The Morgan fingerprint density at radius 1 is 1.27 bits per heavy atom. The van der Waals surface area contributed by atoms with Gasteiger partial charge in [0.25, 0.3) is 0 Å². The van der Waals surface area contributed by atoms with Gasteiger partial charge in [0.1, 0.15) is 0 Å². The van der Waals surface area contributed by atoms with E-state index in [-0.39, 0.29) is 0 Å². The van der Waals surface area contributed by atoms with E-state index in [2.05, 4.69) is 13.8 Å². The summed E-state index contributed by atoms with van der Waals surface area (Å²) in [6.07, 6.45) is 4.16. The maximum absolute atomic E-state index is 11.7. The van der Waals surface area contributed by atoms with E-state index in [0.29, 0.717) is 25.5 Å². The van der Waals surface area contributed by atoms with Crippen LogP contribution in [0.3, 0.4) is 0 Å². The first-order valence-corrected chi connectivity index (χ1v) is 6.05. The fourth-order valence-corrected chi connectivity index (χ4v) is 1.80. The van der Waals surface area contributed by atoms with Crippen molar-refractivity contribution >= 4 is 5.91 Å². The predicted molar refractivity (Wildman–Crippen MR) is 60.7 cm³/mol. The van der Waals surface area contributed by atoms with E-state index in [1.807, 2.05) is 4.90 Å². The van der Waals surface area contributed by atoms with Gasteiger partial charge in [-0.05, 0) is 12.3 Å². The van der Waals surface area contributed by atoms with Crippen molar-refractivity contribution in [2.24, 2.45) is 5.92 Å². The molecule has 0 N–H and O–H groups in total. The minimum Gasteiger partial charge on any atom is -0.378 e. The Labute approximate surface area is 92.8 Å². The van der Waals surface area contributed by atoms with E-state index < -0.39 is 0 Å². The molecule has 1 amide bonds. The van der Waals surface area contributed by atoms with Crippen molar-refractivity contribution in [1.29, 1.82) is 0 Å². The minimum atomic E-state index is 0.307. The molecular weight excluding hydrogens is 190 g/mol. The molecule has 0 aromatic heterocycles. The van der Waals surface area contributed by atoms with Crippen LogP contribution in [0.4, 0.5) is 0 Å². The number of hydrogen-bond acceptors (Lipinski definition) is 2. The summed E-state index contributed by atoms with van der Waals surface area (Å²) in [6.45, 7) is 7.43. The van der Waals surface area contributed by atoms with Crippen LogP contribution in [0.1, 0.15) is 39.5 Å². The molecule has 1 aliphatic heterocycles. The predicted octanol–water partition coefficient (Wildman–Crippen LogP) is 2.06. The highest BCUT2D eigenvalue weighted by Gasteiger charge is 2.15. The van der Waals surface area contributed by atoms with Crippen LogP contribution in [-0.2, 0) is 9.53 Å². The van der Waals surface area contributed by atoms with Crippen LogP contribution in [0.5, 0.6) is 0 Å². The van der Waals surface area contributed by atoms with E-state index in [4.69, 9.17) is 4.74 Å². The van der Waals surface area contributed by atoms with Crippen LogP contribution in [-0.4, -0.2) is 37.1 Å². The minimum absolute atomic E-state index is 0.307. The van der Waals surface area contributed by atoms with E-state index in [9.17, 15) is 4.79 Å². The third-order valence-electron chi connectivity index (χ3n) is 2.79. The SMILES string of the molecule is CC(C)CCCCC(=O)N1CCOCC1. The van der Waals surface area contributed by atoms with Crippen molar-refractivity contribution in [3.8, 4) is 0 Å². The molecule has 0 unspecified atom stereocenters. The molecule has 0 aromatic carbocycles. The first-order chi connectivity index (χ1) is 7.20. The average Bonchev–Trinajstić information content (AvgIpc) is 2.25. The number of carbonyl (C=O) groups excluding carboxylic acids is 1. The molecule has 0 bridgehead atoms. The van der Waals surface area contributed by atoms with Crippen LogP contribution in [0.15, 0.2) is 0 Å². The molecule has 3 nitrogen and oxygen atoms in total. The van der Waals surface area contributed by atoms with Crippen LogP contribution in [0, 0.1) is 5.92 Å². The van der Waals surface area contributed by atoms with Crippen LogP contribution < -0.4 is 0 Å². The van der Waals surface area contributed by atoms with Crippen molar-refractivity contribution in [3.05, 3.63) is 0 Å². The number of morpholine rings is 1. The quantitative estimate of drug-likeness (QED) is 0.654. The molecule has 0 aromatic rings. The molecule has 88 valence electrons. The summed E-state index contributed by atoms with van der Waals surface area (Å²) in [5.74, 6) is 1.06. The Kier molecular flexibility index (Phi) is 5.69. The number of rotatable bonds is 5. The van der Waals surface area contributed by atoms with Gasteiger partial charge in [0.2, 0.25) is 5.91 Å². The van der Waals surface area contributed by atoms with Crippen LogP contribution in [0.25, 0.3) is 0 Å². The summed E-state index contributed by atoms with van der Waals surface area (Å²) >= 11 is 0. The van der Waals surface area contributed by atoms with E-state index in [1.165, 1.54) is 12.8 Å². The zero-order valence-electron chi connectivity index (χ0n) is 10.00. The number of amides is 1. The zero-order valence-corrected chi connectivity index (χ0v) is 10.00. The van der Waals surface area contributed by atoms with E-state index >= 15 is 0 Å². The van der Waals surface area contributed by atoms with Gasteiger partial charge in [0.15, 0.2) is 0 Å². The van der Waals surface area contributed by atoms with Gasteiger partial charge in [0.05, 0.1) is 13.2 Å². The first kappa shape index (κ1) is 12.5. The lowest BCUT2D eigenvalue weighted by molar-refractivity contribution is -0.135. The average molecular weight is 213 g/mol. The number of unbranched alkanes of at least 4 members (excludes halogenated alkanes) is 1. The van der Waals surface area contributed by atoms with Gasteiger partial charge in [-0.1, -0.05) is 26.7 Å². The summed E-state index contributed by atoms with van der Waals surface area (Å²) in [6, 6.07) is 0. The lowest BCUT2D eigenvalue weighted by Gasteiger charge is -2.26. The Hall–Kier alpha value is -0.570. The lowest BCUT2D eigenvalue weighted by atomic mass is 10.1. The summed E-state index contributed by atoms with van der Waals surface area (Å²) in [5.41, 5.74) is 0. The summed E-state index contributed by atoms with van der Waals surface area (Å²) in [4.78, 5) is 13.6. The number of carbonyl (C=O) groups is 1. The second kappa shape index (κ2) is 6.83. The van der Waals surface area contributed by atoms with Gasteiger partial charge in [-0.15, -0.1) is 0 Å². The molecule has 1 aliphatic rings. The molecule has 0 atom stereocenters. The van der Waals surface area contributed by atoms with E-state index in [0.717, 1.165) is 25.4 Å². The highest BCUT2D eigenvalue weighted by Crippen LogP contribution is 2.10. The van der Waals surface area contributed by atoms with Crippen LogP contribution in [0.2, 0.25) is 0 Å². The molecule has 15 heavy (non-hydrogen) atoms. The molecular formula is C12H23NO2. The third kappa shape index (κ3) is 5.17. The molecule has 0 saturated carbocycles. The lowest BCUT2D eigenvalue weighted by Crippen LogP contribution is -2.40. The molecule has 1 saturated heterocycles. The zero-order chi connectivity index (χ0) is 11.1. The Morgan fingerprint density at radius 3 is 2.53 bits per heavy atom. The van der Waals surface area contributed by atoms with Crippen molar-refractivity contribution in [1.82, 2.24) is 4.90 Å². The summed E-state index contributed by atoms with van der Waals surface area (Å²) < 4.78 is 5.21. The Morgan fingerprint density at radius 2 is 1.93 bits per heavy atom. The number of ether oxygens (including phenoxy) is 1.